The minimum Gasteiger partial charge on any atom is -0.338 e. The summed E-state index contributed by atoms with van der Waals surface area (Å²) in [6.07, 6.45) is 0. The van der Waals surface area contributed by atoms with Crippen molar-refractivity contribution in [2.24, 2.45) is 0 Å². The second kappa shape index (κ2) is 6.76. The molecule has 0 saturated carbocycles. The number of aryl methyl sites for hydroxylation is 1. The van der Waals surface area contributed by atoms with E-state index in [4.69, 9.17) is 0 Å². The van der Waals surface area contributed by atoms with Gasteiger partial charge >= 0.3 is 0 Å². The fourth-order valence-electron chi connectivity index (χ4n) is 2.73. The molecule has 0 spiro atoms. The van der Waals surface area contributed by atoms with E-state index in [0.29, 0.717) is 10.8 Å². The first kappa shape index (κ1) is 16.5. The van der Waals surface area contributed by atoms with E-state index < -0.39 is 0 Å². The first-order valence-electron chi connectivity index (χ1n) is 8.25. The first-order valence-corrected chi connectivity index (χ1v) is 9.13. The molecule has 6 nitrogen and oxygen atoms in total. The SMILES string of the molecule is Cc1cccc(NC(=O)[C@H](C)Sc2nnc3c(n2)[nH]c2ccccc23)c1. The zero-order chi connectivity index (χ0) is 18.1. The van der Waals surface area contributed by atoms with Crippen LogP contribution in [0.15, 0.2) is 53.7 Å². The van der Waals surface area contributed by atoms with Gasteiger partial charge in [0.2, 0.25) is 11.1 Å². The molecular formula is C19H17N5OS. The van der Waals surface area contributed by atoms with E-state index in [1.54, 1.807) is 0 Å². The molecule has 4 rings (SSSR count). The number of benzene rings is 2. The van der Waals surface area contributed by atoms with Gasteiger partial charge in [-0.25, -0.2) is 4.98 Å². The minimum absolute atomic E-state index is 0.0963. The lowest BCUT2D eigenvalue weighted by Gasteiger charge is -2.11. The Morgan fingerprint density at radius 2 is 2.00 bits per heavy atom. The summed E-state index contributed by atoms with van der Waals surface area (Å²) in [6, 6.07) is 15.6. The van der Waals surface area contributed by atoms with E-state index in [0.717, 1.165) is 27.7 Å². The Hall–Kier alpha value is -2.93. The van der Waals surface area contributed by atoms with Crippen LogP contribution in [-0.2, 0) is 4.79 Å². The van der Waals surface area contributed by atoms with Crippen molar-refractivity contribution in [3.63, 3.8) is 0 Å². The van der Waals surface area contributed by atoms with Gasteiger partial charge in [0, 0.05) is 16.6 Å². The van der Waals surface area contributed by atoms with Crippen molar-refractivity contribution in [1.29, 1.82) is 0 Å². The third-order valence-corrected chi connectivity index (χ3v) is 4.99. The number of nitrogens with one attached hydrogen (secondary N) is 2. The van der Waals surface area contributed by atoms with Crippen LogP contribution in [0.3, 0.4) is 0 Å². The Morgan fingerprint density at radius 1 is 1.15 bits per heavy atom. The summed E-state index contributed by atoms with van der Waals surface area (Å²) in [5.74, 6) is -0.0963. The van der Waals surface area contributed by atoms with Crippen LogP contribution in [0.25, 0.3) is 22.1 Å². The summed E-state index contributed by atoms with van der Waals surface area (Å²) < 4.78 is 0. The maximum absolute atomic E-state index is 12.4. The fourth-order valence-corrected chi connectivity index (χ4v) is 3.45. The molecule has 1 atom stereocenters. The summed E-state index contributed by atoms with van der Waals surface area (Å²) >= 11 is 1.28. The van der Waals surface area contributed by atoms with Gasteiger partial charge in [-0.3, -0.25) is 4.79 Å². The molecule has 0 fully saturated rings. The van der Waals surface area contributed by atoms with E-state index in [1.807, 2.05) is 62.4 Å². The summed E-state index contributed by atoms with van der Waals surface area (Å²) in [6.45, 7) is 3.82. The highest BCUT2D eigenvalue weighted by molar-refractivity contribution is 8.00. The van der Waals surface area contributed by atoms with Crippen molar-refractivity contribution >= 4 is 45.4 Å². The summed E-state index contributed by atoms with van der Waals surface area (Å²) in [5.41, 5.74) is 4.26. The van der Waals surface area contributed by atoms with Gasteiger partial charge in [-0.05, 0) is 37.6 Å². The van der Waals surface area contributed by atoms with E-state index in [9.17, 15) is 4.79 Å². The Balaban J connectivity index is 1.52. The van der Waals surface area contributed by atoms with Crippen LogP contribution in [-0.4, -0.2) is 31.3 Å². The number of hydrogen-bond donors (Lipinski definition) is 2. The quantitative estimate of drug-likeness (QED) is 0.537. The molecule has 0 radical (unpaired) electrons. The minimum atomic E-state index is -0.348. The number of rotatable bonds is 4. The molecule has 2 aromatic carbocycles. The van der Waals surface area contributed by atoms with E-state index in [2.05, 4.69) is 25.5 Å². The van der Waals surface area contributed by atoms with E-state index in [1.165, 1.54) is 11.8 Å². The number of aromatic nitrogens is 4. The highest BCUT2D eigenvalue weighted by atomic mass is 32.2. The highest BCUT2D eigenvalue weighted by Gasteiger charge is 2.18. The average Bonchev–Trinajstić information content (AvgIpc) is 2.99. The van der Waals surface area contributed by atoms with Crippen LogP contribution in [0.4, 0.5) is 5.69 Å². The zero-order valence-corrected chi connectivity index (χ0v) is 15.2. The molecule has 1 amide bonds. The molecule has 0 aliphatic carbocycles. The van der Waals surface area contributed by atoms with Crippen LogP contribution >= 0.6 is 11.8 Å². The summed E-state index contributed by atoms with van der Waals surface area (Å²) in [4.78, 5) is 20.2. The molecule has 0 aliphatic rings. The lowest BCUT2D eigenvalue weighted by Crippen LogP contribution is -2.22. The first-order chi connectivity index (χ1) is 12.6. The van der Waals surface area contributed by atoms with Gasteiger partial charge < -0.3 is 10.3 Å². The van der Waals surface area contributed by atoms with Crippen LogP contribution in [0.5, 0.6) is 0 Å². The number of carbonyl (C=O) groups excluding carboxylic acids is 1. The number of fused-ring (bicyclic) bond motifs is 3. The van der Waals surface area contributed by atoms with Gasteiger partial charge in [0.1, 0.15) is 5.52 Å². The van der Waals surface area contributed by atoms with Gasteiger partial charge in [-0.1, -0.05) is 42.1 Å². The number of H-pyrrole nitrogens is 1. The van der Waals surface area contributed by atoms with Gasteiger partial charge in [-0.15, -0.1) is 10.2 Å². The molecule has 0 bridgehead atoms. The number of nitrogens with zero attached hydrogens (tertiary/aromatic N) is 3. The second-order valence-electron chi connectivity index (χ2n) is 6.08. The normalized spacial score (nSPS) is 12.4. The van der Waals surface area contributed by atoms with Crippen molar-refractivity contribution in [3.8, 4) is 0 Å². The second-order valence-corrected chi connectivity index (χ2v) is 7.39. The number of para-hydroxylation sites is 1. The average molecular weight is 363 g/mol. The van der Waals surface area contributed by atoms with Crippen LogP contribution in [0, 0.1) is 6.92 Å². The molecule has 26 heavy (non-hydrogen) atoms. The largest absolute Gasteiger partial charge is 0.338 e. The highest BCUT2D eigenvalue weighted by Crippen LogP contribution is 2.25. The molecule has 2 N–H and O–H groups in total. The summed E-state index contributed by atoms with van der Waals surface area (Å²) in [5, 5.41) is 12.5. The van der Waals surface area contributed by atoms with Crippen molar-refractivity contribution in [2.45, 2.75) is 24.3 Å². The number of amides is 1. The Morgan fingerprint density at radius 3 is 2.85 bits per heavy atom. The lowest BCUT2D eigenvalue weighted by atomic mass is 10.2. The molecule has 2 heterocycles. The number of anilines is 1. The Bertz CT molecular complexity index is 1110. The van der Waals surface area contributed by atoms with Crippen molar-refractivity contribution < 1.29 is 4.79 Å². The number of carbonyl (C=O) groups is 1. The standard InChI is InChI=1S/C19H17N5OS/c1-11-6-5-7-13(10-11)20-18(25)12(2)26-19-22-17-16(23-24-19)14-8-3-4-9-15(14)21-17/h3-10,12H,1-2H3,(H,20,25)(H,21,22,24)/t12-/m0/s1. The molecule has 0 unspecified atom stereocenters. The molecule has 7 heteroatoms. The zero-order valence-electron chi connectivity index (χ0n) is 14.4. The van der Waals surface area contributed by atoms with Crippen molar-refractivity contribution in [2.75, 3.05) is 5.32 Å². The lowest BCUT2D eigenvalue weighted by molar-refractivity contribution is -0.115. The Kier molecular flexibility index (Phi) is 4.30. The third kappa shape index (κ3) is 3.25. The van der Waals surface area contributed by atoms with Crippen LogP contribution < -0.4 is 5.32 Å². The Labute approximate surface area is 154 Å². The molecule has 130 valence electrons. The van der Waals surface area contributed by atoms with E-state index >= 15 is 0 Å². The maximum Gasteiger partial charge on any atom is 0.237 e. The molecular weight excluding hydrogens is 346 g/mol. The van der Waals surface area contributed by atoms with Crippen LogP contribution in [0.1, 0.15) is 12.5 Å². The number of thioether (sulfide) groups is 1. The molecule has 2 aromatic heterocycles. The van der Waals surface area contributed by atoms with Gasteiger partial charge in [0.25, 0.3) is 0 Å². The van der Waals surface area contributed by atoms with Crippen molar-refractivity contribution in [1.82, 2.24) is 20.2 Å². The van der Waals surface area contributed by atoms with E-state index in [-0.39, 0.29) is 11.2 Å². The third-order valence-electron chi connectivity index (χ3n) is 4.04. The topological polar surface area (TPSA) is 83.6 Å². The fraction of sp³-hybridized carbons (Fsp3) is 0.158. The van der Waals surface area contributed by atoms with Crippen LogP contribution in [0.2, 0.25) is 0 Å². The van der Waals surface area contributed by atoms with Crippen molar-refractivity contribution in [3.05, 3.63) is 54.1 Å². The van der Waals surface area contributed by atoms with Gasteiger partial charge in [0.05, 0.1) is 5.25 Å². The van der Waals surface area contributed by atoms with Gasteiger partial charge in [-0.2, -0.15) is 0 Å². The monoisotopic (exact) mass is 363 g/mol. The smallest absolute Gasteiger partial charge is 0.237 e. The predicted molar refractivity (Wildman–Crippen MR) is 104 cm³/mol. The summed E-state index contributed by atoms with van der Waals surface area (Å²) in [7, 11) is 0. The number of aromatic amines is 1. The number of hydrogen-bond acceptors (Lipinski definition) is 5. The maximum atomic E-state index is 12.4. The molecule has 0 aliphatic heterocycles. The predicted octanol–water partition coefficient (Wildman–Crippen LogP) is 3.93. The molecule has 0 saturated heterocycles. The van der Waals surface area contributed by atoms with Gasteiger partial charge in [0.15, 0.2) is 5.65 Å². The molecule has 4 aromatic rings.